The number of carbonyl (C=O) groups excluding carboxylic acids is 1. The van der Waals surface area contributed by atoms with Gasteiger partial charge in [0.05, 0.1) is 0 Å². The number of thiophene rings is 1. The summed E-state index contributed by atoms with van der Waals surface area (Å²) in [5.41, 5.74) is 0.517. The van der Waals surface area contributed by atoms with Gasteiger partial charge in [0.2, 0.25) is 5.91 Å². The fourth-order valence-corrected chi connectivity index (χ4v) is 3.82. The summed E-state index contributed by atoms with van der Waals surface area (Å²) < 4.78 is 13.1. The van der Waals surface area contributed by atoms with Crippen LogP contribution in [0, 0.1) is 5.82 Å². The molecule has 0 radical (unpaired) electrons. The molecule has 0 saturated carbocycles. The summed E-state index contributed by atoms with van der Waals surface area (Å²) in [5, 5.41) is 4.88. The van der Waals surface area contributed by atoms with E-state index in [0.29, 0.717) is 12.1 Å². The number of carbonyl (C=O) groups is 1. The third-order valence-corrected chi connectivity index (χ3v) is 5.27. The second kappa shape index (κ2) is 9.08. The summed E-state index contributed by atoms with van der Waals surface area (Å²) in [5.74, 6) is -0.401. The van der Waals surface area contributed by atoms with Crippen molar-refractivity contribution in [2.75, 3.05) is 38.0 Å². The standard InChI is InChI=1S/C19H24FN3OS/c20-16-4-1-5-17(14-16)21-19(24)7-10-22-8-3-9-23(12-11-22)15-18-6-2-13-25-18/h1-2,4-6,13-14H,3,7-12,15H2,(H,21,24). The third-order valence-electron chi connectivity index (χ3n) is 4.40. The SMILES string of the molecule is O=C(CCN1CCCN(Cc2cccs2)CC1)Nc1cccc(F)c1. The fraction of sp³-hybridized carbons (Fsp3) is 0.421. The van der Waals surface area contributed by atoms with Crippen LogP contribution < -0.4 is 5.32 Å². The summed E-state index contributed by atoms with van der Waals surface area (Å²) in [4.78, 5) is 18.3. The van der Waals surface area contributed by atoms with E-state index >= 15 is 0 Å². The molecule has 1 aliphatic heterocycles. The first-order valence-corrected chi connectivity index (χ1v) is 9.59. The fourth-order valence-electron chi connectivity index (χ4n) is 3.08. The highest BCUT2D eigenvalue weighted by molar-refractivity contribution is 7.09. The Morgan fingerprint density at radius 2 is 1.96 bits per heavy atom. The quantitative estimate of drug-likeness (QED) is 0.856. The number of nitrogens with one attached hydrogen (secondary N) is 1. The second-order valence-electron chi connectivity index (χ2n) is 6.36. The Kier molecular flexibility index (Phi) is 6.55. The number of hydrogen-bond donors (Lipinski definition) is 1. The summed E-state index contributed by atoms with van der Waals surface area (Å²) in [6.07, 6.45) is 1.55. The van der Waals surface area contributed by atoms with Gasteiger partial charge < -0.3 is 10.2 Å². The average molecular weight is 361 g/mol. The lowest BCUT2D eigenvalue weighted by Crippen LogP contribution is -2.32. The van der Waals surface area contributed by atoms with Crippen LogP contribution in [0.3, 0.4) is 0 Å². The predicted octanol–water partition coefficient (Wildman–Crippen LogP) is 3.42. The Morgan fingerprint density at radius 1 is 1.12 bits per heavy atom. The number of amides is 1. The molecule has 0 spiro atoms. The molecule has 1 aromatic carbocycles. The van der Waals surface area contributed by atoms with Gasteiger partial charge >= 0.3 is 0 Å². The molecule has 1 aliphatic rings. The highest BCUT2D eigenvalue weighted by Crippen LogP contribution is 2.14. The topological polar surface area (TPSA) is 35.6 Å². The number of halogens is 1. The number of hydrogen-bond acceptors (Lipinski definition) is 4. The summed E-state index contributed by atoms with van der Waals surface area (Å²) in [7, 11) is 0. The molecule has 25 heavy (non-hydrogen) atoms. The molecule has 3 rings (SSSR count). The van der Waals surface area contributed by atoms with Gasteiger partial charge in [0.15, 0.2) is 0 Å². The van der Waals surface area contributed by atoms with Crippen molar-refractivity contribution < 1.29 is 9.18 Å². The van der Waals surface area contributed by atoms with Crippen molar-refractivity contribution in [1.82, 2.24) is 9.80 Å². The van der Waals surface area contributed by atoms with Crippen molar-refractivity contribution in [1.29, 1.82) is 0 Å². The van der Waals surface area contributed by atoms with Crippen LogP contribution in [0.25, 0.3) is 0 Å². The minimum Gasteiger partial charge on any atom is -0.326 e. The normalized spacial score (nSPS) is 16.5. The Hall–Kier alpha value is -1.76. The highest BCUT2D eigenvalue weighted by atomic mass is 32.1. The van der Waals surface area contributed by atoms with E-state index in [9.17, 15) is 9.18 Å². The molecule has 1 fully saturated rings. The van der Waals surface area contributed by atoms with Crippen molar-refractivity contribution in [3.8, 4) is 0 Å². The third kappa shape index (κ3) is 5.92. The Labute approximate surface area is 152 Å². The predicted molar refractivity (Wildman–Crippen MR) is 100 cm³/mol. The van der Waals surface area contributed by atoms with Gasteiger partial charge in [-0.25, -0.2) is 4.39 Å². The van der Waals surface area contributed by atoms with E-state index in [0.717, 1.165) is 45.7 Å². The molecule has 6 heteroatoms. The van der Waals surface area contributed by atoms with Gasteiger partial charge in [-0.1, -0.05) is 12.1 Å². The van der Waals surface area contributed by atoms with Gasteiger partial charge in [-0.2, -0.15) is 0 Å². The summed E-state index contributed by atoms with van der Waals surface area (Å²) >= 11 is 1.81. The molecule has 0 atom stereocenters. The molecule has 1 saturated heterocycles. The highest BCUT2D eigenvalue weighted by Gasteiger charge is 2.16. The van der Waals surface area contributed by atoms with Crippen LogP contribution in [0.2, 0.25) is 0 Å². The van der Waals surface area contributed by atoms with E-state index in [1.807, 2.05) is 0 Å². The molecule has 134 valence electrons. The first kappa shape index (κ1) is 18.0. The molecule has 0 bridgehead atoms. The minimum atomic E-state index is -0.337. The average Bonchev–Trinajstić information content (AvgIpc) is 2.99. The Morgan fingerprint density at radius 3 is 2.76 bits per heavy atom. The molecule has 1 N–H and O–H groups in total. The maximum Gasteiger partial charge on any atom is 0.225 e. The van der Waals surface area contributed by atoms with Gasteiger partial charge in [-0.15, -0.1) is 11.3 Å². The summed E-state index contributed by atoms with van der Waals surface area (Å²) in [6, 6.07) is 10.3. The Bertz CT molecular complexity index is 677. The maximum atomic E-state index is 13.1. The molecule has 1 aromatic heterocycles. The monoisotopic (exact) mass is 361 g/mol. The minimum absolute atomic E-state index is 0.0645. The lowest BCUT2D eigenvalue weighted by molar-refractivity contribution is -0.116. The smallest absolute Gasteiger partial charge is 0.225 e. The molecule has 0 unspecified atom stereocenters. The van der Waals surface area contributed by atoms with Crippen molar-refractivity contribution >= 4 is 22.9 Å². The molecular formula is C19H24FN3OS. The molecule has 0 aliphatic carbocycles. The molecule has 2 aromatic rings. The number of rotatable bonds is 6. The van der Waals surface area contributed by atoms with Crippen molar-refractivity contribution in [3.63, 3.8) is 0 Å². The number of nitrogens with zero attached hydrogens (tertiary/aromatic N) is 2. The maximum absolute atomic E-state index is 13.1. The first-order valence-electron chi connectivity index (χ1n) is 8.71. The van der Waals surface area contributed by atoms with Crippen molar-refractivity contribution in [2.24, 2.45) is 0 Å². The lowest BCUT2D eigenvalue weighted by atomic mass is 10.3. The zero-order chi connectivity index (χ0) is 17.5. The molecule has 4 nitrogen and oxygen atoms in total. The van der Waals surface area contributed by atoms with Crippen LogP contribution in [0.5, 0.6) is 0 Å². The zero-order valence-electron chi connectivity index (χ0n) is 14.3. The van der Waals surface area contributed by atoms with Gasteiger partial charge in [-0.3, -0.25) is 9.69 Å². The van der Waals surface area contributed by atoms with E-state index in [-0.39, 0.29) is 11.7 Å². The zero-order valence-corrected chi connectivity index (χ0v) is 15.1. The van der Waals surface area contributed by atoms with Crippen LogP contribution in [0.1, 0.15) is 17.7 Å². The van der Waals surface area contributed by atoms with Crippen LogP contribution in [-0.4, -0.2) is 48.4 Å². The van der Waals surface area contributed by atoms with Gasteiger partial charge in [0, 0.05) is 43.2 Å². The van der Waals surface area contributed by atoms with Crippen molar-refractivity contribution in [2.45, 2.75) is 19.4 Å². The van der Waals surface area contributed by atoms with Crippen molar-refractivity contribution in [3.05, 3.63) is 52.5 Å². The Balaban J connectivity index is 1.40. The van der Waals surface area contributed by atoms with E-state index in [1.54, 1.807) is 23.5 Å². The summed E-state index contributed by atoms with van der Waals surface area (Å²) in [6.45, 7) is 5.90. The molecule has 1 amide bonds. The van der Waals surface area contributed by atoms with Crippen LogP contribution in [0.4, 0.5) is 10.1 Å². The van der Waals surface area contributed by atoms with E-state index in [1.165, 1.54) is 17.0 Å². The van der Waals surface area contributed by atoms with Gasteiger partial charge in [0.1, 0.15) is 5.82 Å². The molecular weight excluding hydrogens is 337 g/mol. The van der Waals surface area contributed by atoms with Gasteiger partial charge in [0.25, 0.3) is 0 Å². The lowest BCUT2D eigenvalue weighted by Gasteiger charge is -2.21. The van der Waals surface area contributed by atoms with Crippen LogP contribution in [0.15, 0.2) is 41.8 Å². The largest absolute Gasteiger partial charge is 0.326 e. The number of benzene rings is 1. The first-order chi connectivity index (χ1) is 12.2. The van der Waals surface area contributed by atoms with E-state index in [4.69, 9.17) is 0 Å². The van der Waals surface area contributed by atoms with E-state index in [2.05, 4.69) is 32.6 Å². The second-order valence-corrected chi connectivity index (χ2v) is 7.39. The van der Waals surface area contributed by atoms with Crippen LogP contribution >= 0.6 is 11.3 Å². The molecule has 2 heterocycles. The number of anilines is 1. The van der Waals surface area contributed by atoms with Crippen LogP contribution in [-0.2, 0) is 11.3 Å². The van der Waals surface area contributed by atoms with E-state index < -0.39 is 0 Å². The van der Waals surface area contributed by atoms with Gasteiger partial charge in [-0.05, 0) is 49.2 Å².